The van der Waals surface area contributed by atoms with Crippen LogP contribution in [-0.4, -0.2) is 24.0 Å². The first-order valence-electron chi connectivity index (χ1n) is 5.73. The van der Waals surface area contributed by atoms with Gasteiger partial charge in [0, 0.05) is 0 Å². The summed E-state index contributed by atoms with van der Waals surface area (Å²) in [5, 5.41) is 0. The van der Waals surface area contributed by atoms with E-state index in [1.807, 2.05) is 6.92 Å². The SMILES string of the molecule is CC1(C(=O)C(N)CC2=CCCCC2)CO1. The van der Waals surface area contributed by atoms with Crippen molar-refractivity contribution >= 4 is 5.78 Å². The lowest BCUT2D eigenvalue weighted by atomic mass is 9.90. The zero-order valence-electron chi connectivity index (χ0n) is 9.29. The Balaban J connectivity index is 1.88. The fourth-order valence-corrected chi connectivity index (χ4v) is 2.11. The number of carbonyl (C=O) groups excluding carboxylic acids is 1. The zero-order valence-corrected chi connectivity index (χ0v) is 9.29. The van der Waals surface area contributed by atoms with Crippen molar-refractivity contribution in [1.29, 1.82) is 0 Å². The second-order valence-corrected chi connectivity index (χ2v) is 4.80. The normalized spacial score (nSPS) is 32.0. The monoisotopic (exact) mass is 209 g/mol. The highest BCUT2D eigenvalue weighted by atomic mass is 16.6. The van der Waals surface area contributed by atoms with Crippen LogP contribution in [0.1, 0.15) is 39.0 Å². The summed E-state index contributed by atoms with van der Waals surface area (Å²) in [6.07, 6.45) is 7.72. The van der Waals surface area contributed by atoms with Crippen molar-refractivity contribution < 1.29 is 9.53 Å². The van der Waals surface area contributed by atoms with Gasteiger partial charge in [-0.25, -0.2) is 0 Å². The van der Waals surface area contributed by atoms with Crippen LogP contribution in [0.3, 0.4) is 0 Å². The number of carbonyl (C=O) groups is 1. The second-order valence-electron chi connectivity index (χ2n) is 4.80. The molecule has 0 aromatic carbocycles. The number of ether oxygens (including phenoxy) is 1. The van der Waals surface area contributed by atoms with Gasteiger partial charge in [-0.2, -0.15) is 0 Å². The Bertz CT molecular complexity index is 292. The molecule has 3 nitrogen and oxygen atoms in total. The van der Waals surface area contributed by atoms with Crippen LogP contribution >= 0.6 is 0 Å². The number of hydrogen-bond acceptors (Lipinski definition) is 3. The average molecular weight is 209 g/mol. The predicted octanol–water partition coefficient (Wildman–Crippen LogP) is 1.56. The number of allylic oxidation sites excluding steroid dienone is 1. The van der Waals surface area contributed by atoms with Gasteiger partial charge < -0.3 is 10.5 Å². The summed E-state index contributed by atoms with van der Waals surface area (Å²) in [5.41, 5.74) is 6.70. The van der Waals surface area contributed by atoms with E-state index in [1.165, 1.54) is 18.4 Å². The summed E-state index contributed by atoms with van der Waals surface area (Å²) in [5.74, 6) is 0.0639. The quantitative estimate of drug-likeness (QED) is 0.564. The van der Waals surface area contributed by atoms with E-state index in [0.717, 1.165) is 19.3 Å². The van der Waals surface area contributed by atoms with Gasteiger partial charge in [-0.05, 0) is 39.0 Å². The molecule has 2 N–H and O–H groups in total. The number of rotatable bonds is 4. The number of nitrogens with two attached hydrogens (primary N) is 1. The molecule has 0 bridgehead atoms. The highest BCUT2D eigenvalue weighted by Crippen LogP contribution is 2.30. The molecular formula is C12H19NO2. The molecular weight excluding hydrogens is 190 g/mol. The molecule has 0 amide bonds. The molecule has 1 saturated heterocycles. The minimum absolute atomic E-state index is 0.0639. The molecule has 2 atom stereocenters. The number of epoxide rings is 1. The van der Waals surface area contributed by atoms with E-state index in [2.05, 4.69) is 6.08 Å². The lowest BCUT2D eigenvalue weighted by Crippen LogP contribution is -2.39. The van der Waals surface area contributed by atoms with Crippen LogP contribution in [-0.2, 0) is 9.53 Å². The maximum Gasteiger partial charge on any atom is 0.183 e. The van der Waals surface area contributed by atoms with E-state index in [0.29, 0.717) is 6.61 Å². The maximum absolute atomic E-state index is 11.8. The van der Waals surface area contributed by atoms with Crippen LogP contribution in [0.2, 0.25) is 0 Å². The molecule has 1 aliphatic heterocycles. The van der Waals surface area contributed by atoms with Crippen molar-refractivity contribution in [2.75, 3.05) is 6.61 Å². The highest BCUT2D eigenvalue weighted by molar-refractivity contribution is 5.93. The van der Waals surface area contributed by atoms with E-state index >= 15 is 0 Å². The Kier molecular flexibility index (Phi) is 2.94. The van der Waals surface area contributed by atoms with Gasteiger partial charge in [-0.1, -0.05) is 11.6 Å². The van der Waals surface area contributed by atoms with E-state index in [1.54, 1.807) is 0 Å². The summed E-state index contributed by atoms with van der Waals surface area (Å²) in [6, 6.07) is -0.373. The van der Waals surface area contributed by atoms with Crippen molar-refractivity contribution in [2.45, 2.75) is 50.7 Å². The smallest absolute Gasteiger partial charge is 0.183 e. The molecule has 0 aromatic heterocycles. The molecule has 1 heterocycles. The van der Waals surface area contributed by atoms with Gasteiger partial charge in [0.15, 0.2) is 5.78 Å². The molecule has 2 aliphatic rings. The summed E-state index contributed by atoms with van der Waals surface area (Å²) in [7, 11) is 0. The lowest BCUT2D eigenvalue weighted by molar-refractivity contribution is -0.124. The number of hydrogen-bond donors (Lipinski definition) is 1. The Hall–Kier alpha value is -0.670. The van der Waals surface area contributed by atoms with Gasteiger partial charge in [0.05, 0.1) is 12.6 Å². The molecule has 3 heteroatoms. The van der Waals surface area contributed by atoms with Crippen LogP contribution in [0.15, 0.2) is 11.6 Å². The van der Waals surface area contributed by atoms with Crippen LogP contribution in [0.4, 0.5) is 0 Å². The van der Waals surface area contributed by atoms with Gasteiger partial charge in [0.1, 0.15) is 5.60 Å². The molecule has 0 saturated carbocycles. The van der Waals surface area contributed by atoms with Crippen LogP contribution < -0.4 is 5.73 Å². The van der Waals surface area contributed by atoms with Crippen molar-refractivity contribution in [1.82, 2.24) is 0 Å². The summed E-state index contributed by atoms with van der Waals surface area (Å²) >= 11 is 0. The standard InChI is InChI=1S/C12H19NO2/c1-12(8-15-12)11(14)10(13)7-9-5-3-2-4-6-9/h5,10H,2-4,6-8,13H2,1H3. The molecule has 1 aliphatic carbocycles. The molecule has 0 radical (unpaired) electrons. The lowest BCUT2D eigenvalue weighted by Gasteiger charge is -2.17. The van der Waals surface area contributed by atoms with Crippen molar-refractivity contribution in [3.63, 3.8) is 0 Å². The van der Waals surface area contributed by atoms with Crippen molar-refractivity contribution in [3.05, 3.63) is 11.6 Å². The van der Waals surface area contributed by atoms with Crippen molar-refractivity contribution in [3.8, 4) is 0 Å². The Labute approximate surface area is 90.7 Å². The molecule has 15 heavy (non-hydrogen) atoms. The molecule has 1 fully saturated rings. The molecule has 2 rings (SSSR count). The third-order valence-electron chi connectivity index (χ3n) is 3.30. The first-order valence-corrected chi connectivity index (χ1v) is 5.73. The second kappa shape index (κ2) is 4.06. The van der Waals surface area contributed by atoms with Crippen molar-refractivity contribution in [2.24, 2.45) is 5.73 Å². The zero-order chi connectivity index (χ0) is 10.9. The van der Waals surface area contributed by atoms with Gasteiger partial charge in [0.2, 0.25) is 0 Å². The maximum atomic E-state index is 11.8. The summed E-state index contributed by atoms with van der Waals surface area (Å²) in [6.45, 7) is 2.36. The molecule has 0 aromatic rings. The third-order valence-corrected chi connectivity index (χ3v) is 3.30. The van der Waals surface area contributed by atoms with Gasteiger partial charge in [0.25, 0.3) is 0 Å². The van der Waals surface area contributed by atoms with Crippen LogP contribution in [0, 0.1) is 0 Å². The van der Waals surface area contributed by atoms with Crippen LogP contribution in [0.5, 0.6) is 0 Å². The Morgan fingerprint density at radius 2 is 2.40 bits per heavy atom. The topological polar surface area (TPSA) is 55.6 Å². The fraction of sp³-hybridized carbons (Fsp3) is 0.750. The van der Waals surface area contributed by atoms with Gasteiger partial charge >= 0.3 is 0 Å². The van der Waals surface area contributed by atoms with E-state index in [9.17, 15) is 4.79 Å². The summed E-state index contributed by atoms with van der Waals surface area (Å²) < 4.78 is 5.12. The summed E-state index contributed by atoms with van der Waals surface area (Å²) in [4.78, 5) is 11.8. The number of Topliss-reactive ketones (excluding diaryl/α,β-unsaturated/α-hetero) is 1. The largest absolute Gasteiger partial charge is 0.362 e. The first-order chi connectivity index (χ1) is 7.12. The minimum atomic E-state index is -0.561. The van der Waals surface area contributed by atoms with Gasteiger partial charge in [-0.15, -0.1) is 0 Å². The highest BCUT2D eigenvalue weighted by Gasteiger charge is 2.48. The minimum Gasteiger partial charge on any atom is -0.362 e. The number of ketones is 1. The van der Waals surface area contributed by atoms with Crippen LogP contribution in [0.25, 0.3) is 0 Å². The Morgan fingerprint density at radius 3 is 2.93 bits per heavy atom. The van der Waals surface area contributed by atoms with Gasteiger partial charge in [-0.3, -0.25) is 4.79 Å². The Morgan fingerprint density at radius 1 is 1.67 bits per heavy atom. The third kappa shape index (κ3) is 2.47. The predicted molar refractivity (Wildman–Crippen MR) is 58.5 cm³/mol. The van der Waals surface area contributed by atoms with E-state index < -0.39 is 5.60 Å². The van der Waals surface area contributed by atoms with E-state index in [-0.39, 0.29) is 11.8 Å². The molecule has 84 valence electrons. The molecule has 2 unspecified atom stereocenters. The van der Waals surface area contributed by atoms with E-state index in [4.69, 9.17) is 10.5 Å². The average Bonchev–Trinajstić information content (AvgIpc) is 2.98. The molecule has 0 spiro atoms. The first kappa shape index (κ1) is 10.8. The fourth-order valence-electron chi connectivity index (χ4n) is 2.11.